The van der Waals surface area contributed by atoms with Crippen molar-refractivity contribution in [2.45, 2.75) is 6.92 Å². The molecule has 4 aromatic rings. The van der Waals surface area contributed by atoms with Crippen molar-refractivity contribution >= 4 is 23.5 Å². The zero-order valence-corrected chi connectivity index (χ0v) is 17.5. The maximum atomic E-state index is 13.3. The minimum Gasteiger partial charge on any atom is -0.462 e. The number of rotatable bonds is 5. The quantitative estimate of drug-likeness (QED) is 0.373. The van der Waals surface area contributed by atoms with Crippen LogP contribution in [0.25, 0.3) is 22.5 Å². The summed E-state index contributed by atoms with van der Waals surface area (Å²) in [4.78, 5) is 39.7. The van der Waals surface area contributed by atoms with E-state index in [1.54, 1.807) is 13.0 Å². The maximum absolute atomic E-state index is 13.3. The van der Waals surface area contributed by atoms with E-state index in [0.717, 1.165) is 16.0 Å². The normalized spacial score (nSPS) is 12.7. The lowest BCUT2D eigenvalue weighted by Gasteiger charge is -2.18. The van der Waals surface area contributed by atoms with Gasteiger partial charge in [0.15, 0.2) is 5.82 Å². The molecule has 0 unspecified atom stereocenters. The summed E-state index contributed by atoms with van der Waals surface area (Å²) in [6.45, 7) is 1.90. The number of nitrogens with zero attached hydrogens (tertiary/aromatic N) is 4. The Morgan fingerprint density at radius 2 is 1.70 bits per heavy atom. The molecule has 9 nitrogen and oxygen atoms in total. The Morgan fingerprint density at radius 1 is 0.909 bits per heavy atom. The molecule has 0 spiro atoms. The summed E-state index contributed by atoms with van der Waals surface area (Å²) in [5.41, 5.74) is 3.20. The van der Waals surface area contributed by atoms with Crippen molar-refractivity contribution in [3.63, 3.8) is 0 Å². The second-order valence-electron chi connectivity index (χ2n) is 7.27. The second-order valence-corrected chi connectivity index (χ2v) is 7.27. The first-order valence-corrected chi connectivity index (χ1v) is 10.2. The number of tetrazole rings is 1. The average molecular weight is 439 g/mol. The van der Waals surface area contributed by atoms with E-state index >= 15 is 0 Å². The third kappa shape index (κ3) is 3.45. The number of ether oxygens (including phenoxy) is 1. The summed E-state index contributed by atoms with van der Waals surface area (Å²) in [7, 11) is 0. The van der Waals surface area contributed by atoms with Gasteiger partial charge in [-0.2, -0.15) is 0 Å². The number of amides is 2. The highest BCUT2D eigenvalue weighted by Crippen LogP contribution is 2.37. The fourth-order valence-electron chi connectivity index (χ4n) is 3.81. The summed E-state index contributed by atoms with van der Waals surface area (Å²) in [5, 5.41) is 14.0. The summed E-state index contributed by atoms with van der Waals surface area (Å²) < 4.78 is 5.01. The lowest BCUT2D eigenvalue weighted by atomic mass is 10.0. The fourth-order valence-corrected chi connectivity index (χ4v) is 3.81. The van der Waals surface area contributed by atoms with Gasteiger partial charge in [0, 0.05) is 5.56 Å². The van der Waals surface area contributed by atoms with E-state index in [1.165, 1.54) is 18.2 Å². The number of aromatic nitrogens is 4. The number of fused-ring (bicyclic) bond motifs is 1. The molecule has 0 atom stereocenters. The molecule has 2 heterocycles. The number of carbonyl (C=O) groups is 3. The zero-order valence-electron chi connectivity index (χ0n) is 17.5. The van der Waals surface area contributed by atoms with Crippen molar-refractivity contribution in [3.8, 4) is 22.5 Å². The van der Waals surface area contributed by atoms with Gasteiger partial charge < -0.3 is 4.74 Å². The standard InChI is InChI=1S/C24H17N5O4/c1-2-33-24(32)16-8-10-17-18(13-16)23(31)29(22(17)30)20-11-9-15(14-6-4-3-5-7-14)12-19(20)21-25-27-28-26-21/h3-13H,2H2,1H3,(H,25,26,27,28). The minimum absolute atomic E-state index is 0.138. The van der Waals surface area contributed by atoms with Crippen molar-refractivity contribution in [3.05, 3.63) is 83.4 Å². The van der Waals surface area contributed by atoms with Crippen molar-refractivity contribution in [2.24, 2.45) is 0 Å². The van der Waals surface area contributed by atoms with E-state index in [2.05, 4.69) is 20.6 Å². The number of H-pyrrole nitrogens is 1. The van der Waals surface area contributed by atoms with Crippen LogP contribution in [-0.4, -0.2) is 45.0 Å². The lowest BCUT2D eigenvalue weighted by Crippen LogP contribution is -2.30. The predicted molar refractivity (Wildman–Crippen MR) is 119 cm³/mol. The molecule has 1 N–H and O–H groups in total. The summed E-state index contributed by atoms with van der Waals surface area (Å²) in [6, 6.07) is 19.3. The van der Waals surface area contributed by atoms with Crippen LogP contribution >= 0.6 is 0 Å². The number of benzene rings is 3. The fraction of sp³-hybridized carbons (Fsp3) is 0.0833. The van der Waals surface area contributed by atoms with Crippen molar-refractivity contribution in [1.29, 1.82) is 0 Å². The monoisotopic (exact) mass is 439 g/mol. The van der Waals surface area contributed by atoms with Crippen LogP contribution < -0.4 is 4.90 Å². The molecule has 9 heteroatoms. The molecule has 1 aliphatic heterocycles. The highest BCUT2D eigenvalue weighted by molar-refractivity contribution is 6.35. The van der Waals surface area contributed by atoms with E-state index in [1.807, 2.05) is 42.5 Å². The number of aromatic amines is 1. The van der Waals surface area contributed by atoms with Crippen LogP contribution in [0, 0.1) is 0 Å². The molecular weight excluding hydrogens is 422 g/mol. The van der Waals surface area contributed by atoms with E-state index in [0.29, 0.717) is 17.1 Å². The van der Waals surface area contributed by atoms with Gasteiger partial charge in [-0.05, 0) is 58.8 Å². The van der Waals surface area contributed by atoms with Crippen LogP contribution in [0.15, 0.2) is 66.7 Å². The van der Waals surface area contributed by atoms with Gasteiger partial charge >= 0.3 is 5.97 Å². The van der Waals surface area contributed by atoms with Gasteiger partial charge in [0.2, 0.25) is 0 Å². The molecule has 0 bridgehead atoms. The molecule has 162 valence electrons. The molecule has 0 fully saturated rings. The molecule has 1 aromatic heterocycles. The van der Waals surface area contributed by atoms with Crippen LogP contribution in [0.3, 0.4) is 0 Å². The Balaban J connectivity index is 1.61. The maximum Gasteiger partial charge on any atom is 0.338 e. The SMILES string of the molecule is CCOC(=O)c1ccc2c(c1)C(=O)N(c1ccc(-c3ccccc3)cc1-c1nnn[nH]1)C2=O. The van der Waals surface area contributed by atoms with E-state index in [9.17, 15) is 14.4 Å². The Bertz CT molecular complexity index is 1380. The molecule has 0 aliphatic carbocycles. The average Bonchev–Trinajstić information content (AvgIpc) is 3.47. The molecular formula is C24H17N5O4. The minimum atomic E-state index is -0.556. The van der Waals surface area contributed by atoms with Gasteiger partial charge in [0.05, 0.1) is 29.0 Å². The van der Waals surface area contributed by atoms with E-state index < -0.39 is 17.8 Å². The van der Waals surface area contributed by atoms with Crippen molar-refractivity contribution in [2.75, 3.05) is 11.5 Å². The number of imide groups is 1. The third-order valence-electron chi connectivity index (χ3n) is 5.34. The van der Waals surface area contributed by atoms with Crippen LogP contribution in [0.1, 0.15) is 38.0 Å². The molecule has 3 aromatic carbocycles. The summed E-state index contributed by atoms with van der Waals surface area (Å²) >= 11 is 0. The lowest BCUT2D eigenvalue weighted by molar-refractivity contribution is 0.0526. The number of carbonyl (C=O) groups excluding carboxylic acids is 3. The van der Waals surface area contributed by atoms with Crippen molar-refractivity contribution < 1.29 is 19.1 Å². The molecule has 33 heavy (non-hydrogen) atoms. The zero-order chi connectivity index (χ0) is 22.9. The number of anilines is 1. The van der Waals surface area contributed by atoms with Gasteiger partial charge in [0.1, 0.15) is 0 Å². The molecule has 5 rings (SSSR count). The molecule has 0 saturated heterocycles. The largest absolute Gasteiger partial charge is 0.462 e. The summed E-state index contributed by atoms with van der Waals surface area (Å²) in [5.74, 6) is -1.28. The number of hydrogen-bond donors (Lipinski definition) is 1. The second kappa shape index (κ2) is 8.12. The first-order chi connectivity index (χ1) is 16.1. The molecule has 2 amide bonds. The van der Waals surface area contributed by atoms with Gasteiger partial charge in [0.25, 0.3) is 11.8 Å². The Hall–Kier alpha value is -4.66. The topological polar surface area (TPSA) is 118 Å². The highest BCUT2D eigenvalue weighted by atomic mass is 16.5. The first kappa shape index (κ1) is 20.3. The smallest absolute Gasteiger partial charge is 0.338 e. The van der Waals surface area contributed by atoms with Crippen LogP contribution in [0.2, 0.25) is 0 Å². The predicted octanol–water partition coefficient (Wildman–Crippen LogP) is 3.51. The molecule has 0 radical (unpaired) electrons. The van der Waals surface area contributed by atoms with E-state index in [4.69, 9.17) is 4.74 Å². The number of hydrogen-bond acceptors (Lipinski definition) is 7. The highest BCUT2D eigenvalue weighted by Gasteiger charge is 2.38. The van der Waals surface area contributed by atoms with Crippen molar-refractivity contribution in [1.82, 2.24) is 20.6 Å². The Labute approximate surface area is 188 Å². The number of esters is 1. The number of nitrogens with one attached hydrogen (secondary N) is 1. The van der Waals surface area contributed by atoms with Gasteiger partial charge in [-0.15, -0.1) is 5.10 Å². The molecule has 0 saturated carbocycles. The van der Waals surface area contributed by atoms with Crippen LogP contribution in [-0.2, 0) is 4.74 Å². The van der Waals surface area contributed by atoms with Gasteiger partial charge in [-0.25, -0.2) is 14.8 Å². The van der Waals surface area contributed by atoms with E-state index in [-0.39, 0.29) is 23.3 Å². The first-order valence-electron chi connectivity index (χ1n) is 10.2. The molecule has 1 aliphatic rings. The Morgan fingerprint density at radius 3 is 2.42 bits per heavy atom. The van der Waals surface area contributed by atoms with Gasteiger partial charge in [-0.1, -0.05) is 36.4 Å². The summed E-state index contributed by atoms with van der Waals surface area (Å²) in [6.07, 6.45) is 0. The van der Waals surface area contributed by atoms with Gasteiger partial charge in [-0.3, -0.25) is 9.59 Å². The van der Waals surface area contributed by atoms with Crippen LogP contribution in [0.5, 0.6) is 0 Å². The Kier molecular flexibility index (Phi) is 4.98. The van der Waals surface area contributed by atoms with Crippen LogP contribution in [0.4, 0.5) is 5.69 Å². The third-order valence-corrected chi connectivity index (χ3v) is 5.34.